The highest BCUT2D eigenvalue weighted by Crippen LogP contribution is 2.35. The zero-order valence-corrected chi connectivity index (χ0v) is 28.9. The number of aromatic hydroxyl groups is 3. The van der Waals surface area contributed by atoms with Crippen molar-refractivity contribution in [2.24, 2.45) is 15.3 Å². The summed E-state index contributed by atoms with van der Waals surface area (Å²) >= 11 is 0. The van der Waals surface area contributed by atoms with Gasteiger partial charge in [0.05, 0.1) is 18.6 Å². The van der Waals surface area contributed by atoms with Crippen LogP contribution in [0.3, 0.4) is 0 Å². The van der Waals surface area contributed by atoms with E-state index in [0.29, 0.717) is 50.4 Å². The largest absolute Gasteiger partial charge is 0.507 e. The van der Waals surface area contributed by atoms with Crippen molar-refractivity contribution in [3.05, 3.63) is 179 Å². The molecule has 272 valence electrons. The fraction of sp³-hybridized carbons (Fsp3) is 0. The zero-order valence-electron chi connectivity index (χ0n) is 28.9. The molecule has 0 aliphatic carbocycles. The third-order valence-electron chi connectivity index (χ3n) is 8.08. The van der Waals surface area contributed by atoms with Crippen LogP contribution >= 0.6 is 0 Å². The van der Waals surface area contributed by atoms with Crippen LogP contribution in [0.25, 0.3) is 0 Å². The van der Waals surface area contributed by atoms with Crippen LogP contribution in [-0.4, -0.2) is 51.7 Å². The number of phenols is 3. The summed E-state index contributed by atoms with van der Waals surface area (Å²) in [5, 5.41) is 41.7. The Kier molecular flexibility index (Phi) is 11.6. The first kappa shape index (κ1) is 36.7. The van der Waals surface area contributed by atoms with E-state index in [2.05, 4.69) is 31.6 Å². The van der Waals surface area contributed by atoms with Crippen molar-refractivity contribution in [2.75, 3.05) is 4.90 Å². The van der Waals surface area contributed by atoms with Crippen LogP contribution in [0.1, 0.15) is 47.8 Å². The molecule has 13 nitrogen and oxygen atoms in total. The minimum absolute atomic E-state index is 0.0303. The minimum atomic E-state index is -0.467. The van der Waals surface area contributed by atoms with Gasteiger partial charge in [0.25, 0.3) is 17.7 Å². The van der Waals surface area contributed by atoms with Gasteiger partial charge in [0, 0.05) is 50.4 Å². The molecule has 0 fully saturated rings. The lowest BCUT2D eigenvalue weighted by molar-refractivity contribution is 0.0947. The van der Waals surface area contributed by atoms with E-state index in [1.54, 1.807) is 127 Å². The van der Waals surface area contributed by atoms with E-state index in [1.165, 1.54) is 36.8 Å². The number of hydrazone groups is 3. The second-order valence-electron chi connectivity index (χ2n) is 11.7. The SMILES string of the molecule is O=C(N/N=C/c1ccccc1O)c1ccc(N(c2ccc(C(=O)N/N=C/c3ccccc3O)cc2)c2ccc(C(=O)N/N=C/c3ccccc3O)cc2)cc1. The Bertz CT molecular complexity index is 2130. The minimum Gasteiger partial charge on any atom is -0.507 e. The molecule has 0 atom stereocenters. The molecule has 0 spiro atoms. The number of nitrogens with zero attached hydrogens (tertiary/aromatic N) is 4. The van der Waals surface area contributed by atoms with E-state index in [-0.39, 0.29) is 17.2 Å². The monoisotopic (exact) mass is 731 g/mol. The molecule has 0 aromatic heterocycles. The van der Waals surface area contributed by atoms with Crippen molar-refractivity contribution in [1.82, 2.24) is 16.3 Å². The van der Waals surface area contributed by atoms with Gasteiger partial charge in [0.2, 0.25) is 0 Å². The molecule has 0 aliphatic rings. The van der Waals surface area contributed by atoms with Crippen molar-refractivity contribution in [3.8, 4) is 17.2 Å². The van der Waals surface area contributed by atoms with Crippen molar-refractivity contribution < 1.29 is 29.7 Å². The maximum Gasteiger partial charge on any atom is 0.271 e. The molecule has 6 rings (SSSR count). The summed E-state index contributed by atoms with van der Waals surface area (Å²) in [6.45, 7) is 0. The van der Waals surface area contributed by atoms with Gasteiger partial charge in [-0.25, -0.2) is 16.3 Å². The predicted molar refractivity (Wildman–Crippen MR) is 211 cm³/mol. The van der Waals surface area contributed by atoms with Crippen LogP contribution in [0.4, 0.5) is 17.1 Å². The first-order valence-corrected chi connectivity index (χ1v) is 16.7. The summed E-state index contributed by atoms with van der Waals surface area (Å²) in [6, 6.07) is 40.0. The molecule has 0 heterocycles. The van der Waals surface area contributed by atoms with E-state index in [4.69, 9.17) is 0 Å². The molecular weight excluding hydrogens is 699 g/mol. The lowest BCUT2D eigenvalue weighted by Crippen LogP contribution is -2.19. The summed E-state index contributed by atoms with van der Waals surface area (Å²) in [4.78, 5) is 40.5. The summed E-state index contributed by atoms with van der Waals surface area (Å²) in [5.74, 6) is -1.31. The number of carbonyl (C=O) groups is 3. The fourth-order valence-electron chi connectivity index (χ4n) is 5.20. The molecule has 55 heavy (non-hydrogen) atoms. The van der Waals surface area contributed by atoms with E-state index in [0.717, 1.165) is 0 Å². The average Bonchev–Trinajstić information content (AvgIpc) is 3.21. The fourth-order valence-corrected chi connectivity index (χ4v) is 5.20. The number of nitrogens with one attached hydrogen (secondary N) is 3. The number of benzene rings is 6. The summed E-state index contributed by atoms with van der Waals surface area (Å²) < 4.78 is 0. The van der Waals surface area contributed by atoms with Gasteiger partial charge in [-0.15, -0.1) is 0 Å². The van der Waals surface area contributed by atoms with Crippen LogP contribution in [0.5, 0.6) is 17.2 Å². The van der Waals surface area contributed by atoms with Gasteiger partial charge in [-0.05, 0) is 109 Å². The molecule has 13 heteroatoms. The molecule has 0 aliphatic heterocycles. The second-order valence-corrected chi connectivity index (χ2v) is 11.7. The van der Waals surface area contributed by atoms with Crippen LogP contribution < -0.4 is 21.2 Å². The third-order valence-corrected chi connectivity index (χ3v) is 8.08. The molecular formula is C42H33N7O6. The highest BCUT2D eigenvalue weighted by atomic mass is 16.3. The normalized spacial score (nSPS) is 11.1. The Labute approximate surface area is 315 Å². The molecule has 0 saturated heterocycles. The number of amides is 3. The van der Waals surface area contributed by atoms with Gasteiger partial charge < -0.3 is 20.2 Å². The zero-order chi connectivity index (χ0) is 38.6. The second kappa shape index (κ2) is 17.4. The highest BCUT2D eigenvalue weighted by molar-refractivity contribution is 5.98. The van der Waals surface area contributed by atoms with Crippen molar-refractivity contribution in [2.45, 2.75) is 0 Å². The van der Waals surface area contributed by atoms with Gasteiger partial charge in [-0.3, -0.25) is 14.4 Å². The van der Waals surface area contributed by atoms with Gasteiger partial charge in [-0.1, -0.05) is 36.4 Å². The summed E-state index contributed by atoms with van der Waals surface area (Å²) in [5.41, 5.74) is 11.7. The van der Waals surface area contributed by atoms with Crippen LogP contribution in [-0.2, 0) is 0 Å². The molecule has 0 bridgehead atoms. The molecule has 6 aromatic rings. The van der Waals surface area contributed by atoms with Crippen LogP contribution in [0.2, 0.25) is 0 Å². The number of hydrogen-bond donors (Lipinski definition) is 6. The molecule has 3 amide bonds. The molecule has 6 aromatic carbocycles. The van der Waals surface area contributed by atoms with Crippen molar-refractivity contribution in [1.29, 1.82) is 0 Å². The lowest BCUT2D eigenvalue weighted by atomic mass is 10.1. The Balaban J connectivity index is 1.21. The molecule has 6 N–H and O–H groups in total. The Morgan fingerprint density at radius 2 is 0.655 bits per heavy atom. The Morgan fingerprint density at radius 3 is 0.909 bits per heavy atom. The number of anilines is 3. The topological polar surface area (TPSA) is 188 Å². The van der Waals surface area contributed by atoms with Gasteiger partial charge >= 0.3 is 0 Å². The van der Waals surface area contributed by atoms with E-state index >= 15 is 0 Å². The van der Waals surface area contributed by atoms with E-state index in [9.17, 15) is 29.7 Å². The third kappa shape index (κ3) is 9.44. The van der Waals surface area contributed by atoms with Crippen LogP contribution in [0, 0.1) is 0 Å². The van der Waals surface area contributed by atoms with Gasteiger partial charge in [0.1, 0.15) is 17.2 Å². The smallest absolute Gasteiger partial charge is 0.271 e. The number of para-hydroxylation sites is 3. The van der Waals surface area contributed by atoms with E-state index in [1.807, 2.05) is 4.90 Å². The first-order chi connectivity index (χ1) is 26.8. The average molecular weight is 732 g/mol. The molecule has 0 saturated carbocycles. The van der Waals surface area contributed by atoms with Crippen LogP contribution in [0.15, 0.2) is 161 Å². The quantitative estimate of drug-likeness (QED) is 0.0607. The number of hydrogen-bond acceptors (Lipinski definition) is 10. The Hall–Kier alpha value is -8.06. The van der Waals surface area contributed by atoms with E-state index < -0.39 is 17.7 Å². The Morgan fingerprint density at radius 1 is 0.400 bits per heavy atom. The number of phenolic OH excluding ortho intramolecular Hbond substituents is 3. The molecule has 0 unspecified atom stereocenters. The predicted octanol–water partition coefficient (Wildman–Crippen LogP) is 6.56. The summed E-state index contributed by atoms with van der Waals surface area (Å²) in [6.07, 6.45) is 4.04. The number of carbonyl (C=O) groups excluding carboxylic acids is 3. The molecule has 0 radical (unpaired) electrons. The van der Waals surface area contributed by atoms with Gasteiger partial charge in [0.15, 0.2) is 0 Å². The van der Waals surface area contributed by atoms with Crippen molar-refractivity contribution in [3.63, 3.8) is 0 Å². The lowest BCUT2D eigenvalue weighted by Gasteiger charge is -2.26. The maximum absolute atomic E-state index is 12.9. The standard InChI is InChI=1S/C42H33N7O6/c50-37-10-4-1-7-31(37)25-43-46-40(53)28-13-19-34(20-14-28)49(35-21-15-29(16-22-35)41(54)47-44-26-32-8-2-5-11-38(32)51)36-23-17-30(18-24-36)42(55)48-45-27-33-9-3-6-12-39(33)52/h1-27,50-52H,(H,46,53)(H,47,54)(H,48,55)/b43-25+,44-26+,45-27+. The first-order valence-electron chi connectivity index (χ1n) is 16.7. The van der Waals surface area contributed by atoms with Gasteiger partial charge in [-0.2, -0.15) is 15.3 Å². The van der Waals surface area contributed by atoms with Crippen molar-refractivity contribution >= 4 is 53.4 Å². The summed E-state index contributed by atoms with van der Waals surface area (Å²) in [7, 11) is 0. The highest BCUT2D eigenvalue weighted by Gasteiger charge is 2.16. The maximum atomic E-state index is 12.9. The number of rotatable bonds is 12.